The molecule has 64 valence electrons. The van der Waals surface area contributed by atoms with E-state index < -0.39 is 0 Å². The van der Waals surface area contributed by atoms with Gasteiger partial charge in [-0.15, -0.1) is 0 Å². The second-order valence-electron chi connectivity index (χ2n) is 2.40. The number of amides is 1. The van der Waals surface area contributed by atoms with Gasteiger partial charge in [-0.1, -0.05) is 0 Å². The summed E-state index contributed by atoms with van der Waals surface area (Å²) in [6, 6.07) is 1.90. The zero-order valence-electron chi connectivity index (χ0n) is 6.77. The average molecular weight is 166 g/mol. The van der Waals surface area contributed by atoms with Crippen LogP contribution in [0.25, 0.3) is 0 Å². The minimum atomic E-state index is -0.241. The van der Waals surface area contributed by atoms with Crippen molar-refractivity contribution in [1.29, 1.82) is 5.26 Å². The Bertz CT molecular complexity index is 255. The first-order chi connectivity index (χ1) is 5.74. The van der Waals surface area contributed by atoms with Gasteiger partial charge in [0, 0.05) is 20.0 Å². The first-order valence-electron chi connectivity index (χ1n) is 3.63. The maximum absolute atomic E-state index is 10.6. The van der Waals surface area contributed by atoms with Gasteiger partial charge in [0.25, 0.3) is 0 Å². The lowest BCUT2D eigenvalue weighted by Crippen LogP contribution is -2.25. The fourth-order valence-electron chi connectivity index (χ4n) is 0.937. The Morgan fingerprint density at radius 1 is 1.58 bits per heavy atom. The topological polar surface area (TPSA) is 77.0 Å². The Balaban J connectivity index is 2.72. The van der Waals surface area contributed by atoms with Crippen molar-refractivity contribution in [1.82, 2.24) is 16.0 Å². The number of carbonyl (C=O) groups excluding carboxylic acids is 1. The molecule has 1 saturated heterocycles. The Labute approximate surface area is 70.4 Å². The summed E-state index contributed by atoms with van der Waals surface area (Å²) < 4.78 is 0. The third-order valence-corrected chi connectivity index (χ3v) is 1.39. The number of hydrogen-bond acceptors (Lipinski definition) is 4. The molecule has 0 aromatic heterocycles. The van der Waals surface area contributed by atoms with Crippen LogP contribution < -0.4 is 16.0 Å². The number of carbonyl (C=O) groups is 1. The van der Waals surface area contributed by atoms with E-state index in [0.717, 1.165) is 13.1 Å². The van der Waals surface area contributed by atoms with Gasteiger partial charge < -0.3 is 16.0 Å². The molecular weight excluding hydrogens is 156 g/mol. The van der Waals surface area contributed by atoms with Crippen molar-refractivity contribution in [2.75, 3.05) is 13.1 Å². The number of rotatable bonds is 1. The van der Waals surface area contributed by atoms with Crippen molar-refractivity contribution in [3.8, 4) is 6.07 Å². The number of nitrogens with zero attached hydrogens (tertiary/aromatic N) is 1. The van der Waals surface area contributed by atoms with Crippen LogP contribution in [-0.4, -0.2) is 19.0 Å². The molecule has 1 aliphatic heterocycles. The third kappa shape index (κ3) is 1.89. The van der Waals surface area contributed by atoms with Crippen LogP contribution >= 0.6 is 0 Å². The van der Waals surface area contributed by atoms with Crippen LogP contribution in [0.1, 0.15) is 6.92 Å². The lowest BCUT2D eigenvalue weighted by molar-refractivity contribution is -0.118. The van der Waals surface area contributed by atoms with Gasteiger partial charge in [0.2, 0.25) is 5.91 Å². The van der Waals surface area contributed by atoms with Crippen molar-refractivity contribution >= 4 is 5.91 Å². The monoisotopic (exact) mass is 166 g/mol. The van der Waals surface area contributed by atoms with Crippen molar-refractivity contribution in [3.05, 3.63) is 11.5 Å². The van der Waals surface area contributed by atoms with E-state index in [2.05, 4.69) is 16.0 Å². The largest absolute Gasteiger partial charge is 0.368 e. The summed E-state index contributed by atoms with van der Waals surface area (Å²) in [5, 5.41) is 16.9. The van der Waals surface area contributed by atoms with E-state index in [1.807, 2.05) is 6.07 Å². The number of nitrogens with one attached hydrogen (secondary N) is 3. The molecule has 0 saturated carbocycles. The molecule has 1 rings (SSSR count). The van der Waals surface area contributed by atoms with Crippen LogP contribution in [0.15, 0.2) is 11.5 Å². The summed E-state index contributed by atoms with van der Waals surface area (Å²) in [6.07, 6.45) is 0. The van der Waals surface area contributed by atoms with Crippen molar-refractivity contribution in [2.45, 2.75) is 6.92 Å². The van der Waals surface area contributed by atoms with Gasteiger partial charge in [-0.25, -0.2) is 0 Å². The Hall–Kier alpha value is -1.70. The lowest BCUT2D eigenvalue weighted by atomic mass is 10.4. The highest BCUT2D eigenvalue weighted by Gasteiger charge is 2.11. The maximum atomic E-state index is 10.6. The fourth-order valence-corrected chi connectivity index (χ4v) is 0.937. The maximum Gasteiger partial charge on any atom is 0.221 e. The van der Waals surface area contributed by atoms with Gasteiger partial charge in [0.1, 0.15) is 11.9 Å². The molecule has 0 atom stereocenters. The van der Waals surface area contributed by atoms with Gasteiger partial charge in [-0.05, 0) is 0 Å². The van der Waals surface area contributed by atoms with E-state index in [9.17, 15) is 4.79 Å². The normalized spacial score (nSPS) is 14.2. The quantitative estimate of drug-likeness (QED) is 0.437. The summed E-state index contributed by atoms with van der Waals surface area (Å²) in [5.74, 6) is 0.363. The van der Waals surface area contributed by atoms with Crippen molar-refractivity contribution in [2.24, 2.45) is 0 Å². The van der Waals surface area contributed by atoms with Crippen molar-refractivity contribution in [3.63, 3.8) is 0 Å². The molecule has 0 bridgehead atoms. The molecule has 1 amide bonds. The second-order valence-corrected chi connectivity index (χ2v) is 2.40. The zero-order chi connectivity index (χ0) is 8.97. The highest BCUT2D eigenvalue weighted by Crippen LogP contribution is 1.96. The molecule has 3 N–H and O–H groups in total. The molecule has 0 spiro atoms. The van der Waals surface area contributed by atoms with Crippen LogP contribution in [-0.2, 0) is 4.79 Å². The molecule has 5 heteroatoms. The van der Waals surface area contributed by atoms with E-state index in [1.54, 1.807) is 0 Å². The molecule has 0 aromatic rings. The average Bonchev–Trinajstić information content (AvgIpc) is 2.51. The summed E-state index contributed by atoms with van der Waals surface area (Å²) in [4.78, 5) is 10.6. The molecule has 1 aliphatic rings. The standard InChI is InChI=1S/C7H10N4O/c1-5(12)11-6(4-8)7-9-2-3-10-7/h9-10H,2-3H2,1H3,(H,11,12). The fraction of sp³-hybridized carbons (Fsp3) is 0.429. The Kier molecular flexibility index (Phi) is 2.53. The molecular formula is C7H10N4O. The van der Waals surface area contributed by atoms with E-state index in [4.69, 9.17) is 5.26 Å². The van der Waals surface area contributed by atoms with E-state index in [0.29, 0.717) is 5.82 Å². The van der Waals surface area contributed by atoms with Gasteiger partial charge in [-0.2, -0.15) is 5.26 Å². The molecule has 12 heavy (non-hydrogen) atoms. The lowest BCUT2D eigenvalue weighted by Gasteiger charge is -2.03. The molecule has 0 aromatic carbocycles. The van der Waals surface area contributed by atoms with E-state index in [1.165, 1.54) is 6.92 Å². The first-order valence-corrected chi connectivity index (χ1v) is 3.63. The smallest absolute Gasteiger partial charge is 0.221 e. The molecule has 1 fully saturated rings. The van der Waals surface area contributed by atoms with Crippen LogP contribution in [0.3, 0.4) is 0 Å². The molecule has 0 unspecified atom stereocenters. The summed E-state index contributed by atoms with van der Waals surface area (Å²) in [5.41, 5.74) is 0.250. The highest BCUT2D eigenvalue weighted by molar-refractivity contribution is 5.75. The van der Waals surface area contributed by atoms with Crippen LogP contribution in [0.2, 0.25) is 0 Å². The molecule has 5 nitrogen and oxygen atoms in total. The van der Waals surface area contributed by atoms with Gasteiger partial charge in [0.15, 0.2) is 5.70 Å². The summed E-state index contributed by atoms with van der Waals surface area (Å²) >= 11 is 0. The zero-order valence-corrected chi connectivity index (χ0v) is 6.77. The molecule has 1 heterocycles. The SMILES string of the molecule is CC(=O)NC(C#N)=C1NCCN1. The minimum absolute atomic E-state index is 0.241. The van der Waals surface area contributed by atoms with Crippen LogP contribution in [0.5, 0.6) is 0 Å². The van der Waals surface area contributed by atoms with Gasteiger partial charge in [-0.3, -0.25) is 4.79 Å². The highest BCUT2D eigenvalue weighted by atomic mass is 16.1. The summed E-state index contributed by atoms with van der Waals surface area (Å²) in [6.45, 7) is 2.92. The number of nitriles is 1. The number of hydrogen-bond donors (Lipinski definition) is 3. The van der Waals surface area contributed by atoms with Gasteiger partial charge >= 0.3 is 0 Å². The van der Waals surface area contributed by atoms with Gasteiger partial charge in [0.05, 0.1) is 0 Å². The predicted molar refractivity (Wildman–Crippen MR) is 42.5 cm³/mol. The van der Waals surface area contributed by atoms with E-state index in [-0.39, 0.29) is 11.6 Å². The predicted octanol–water partition coefficient (Wildman–Crippen LogP) is -0.992. The Morgan fingerprint density at radius 2 is 2.17 bits per heavy atom. The molecule has 0 radical (unpaired) electrons. The first kappa shape index (κ1) is 8.40. The van der Waals surface area contributed by atoms with E-state index >= 15 is 0 Å². The van der Waals surface area contributed by atoms with Crippen LogP contribution in [0, 0.1) is 11.3 Å². The summed E-state index contributed by atoms with van der Waals surface area (Å²) in [7, 11) is 0. The minimum Gasteiger partial charge on any atom is -0.368 e. The third-order valence-electron chi connectivity index (χ3n) is 1.39. The molecule has 0 aliphatic carbocycles. The second kappa shape index (κ2) is 3.62. The number of allylic oxidation sites excluding steroid dienone is 1. The van der Waals surface area contributed by atoms with Crippen molar-refractivity contribution < 1.29 is 4.79 Å². The van der Waals surface area contributed by atoms with Crippen LogP contribution in [0.4, 0.5) is 0 Å². The Morgan fingerprint density at radius 3 is 2.58 bits per heavy atom.